The van der Waals surface area contributed by atoms with Gasteiger partial charge in [0.05, 0.1) is 0 Å². The third-order valence-electron chi connectivity index (χ3n) is 3.94. The van der Waals surface area contributed by atoms with E-state index in [-0.39, 0.29) is 0 Å². The van der Waals surface area contributed by atoms with Gasteiger partial charge in [0.25, 0.3) is 0 Å². The van der Waals surface area contributed by atoms with Gasteiger partial charge in [-0.2, -0.15) is 11.8 Å². The van der Waals surface area contributed by atoms with Crippen LogP contribution in [0.25, 0.3) is 0 Å². The Morgan fingerprint density at radius 3 is 2.94 bits per heavy atom. The van der Waals surface area contributed by atoms with Crippen molar-refractivity contribution in [3.8, 4) is 0 Å². The Bertz CT molecular complexity index is 366. The summed E-state index contributed by atoms with van der Waals surface area (Å²) in [6, 6.07) is 0. The highest BCUT2D eigenvalue weighted by Crippen LogP contribution is 2.33. The summed E-state index contributed by atoms with van der Waals surface area (Å²) < 4.78 is 2.52. The second-order valence-corrected chi connectivity index (χ2v) is 6.47. The van der Waals surface area contributed by atoms with Gasteiger partial charge >= 0.3 is 0 Å². The molecule has 16 heavy (non-hydrogen) atoms. The molecule has 2 aliphatic rings. The summed E-state index contributed by atoms with van der Waals surface area (Å²) >= 11 is 2.10. The molecular weight excluding hydrogens is 216 g/mol. The van der Waals surface area contributed by atoms with E-state index in [0.29, 0.717) is 0 Å². The van der Waals surface area contributed by atoms with Crippen molar-refractivity contribution in [3.05, 3.63) is 17.7 Å². The van der Waals surface area contributed by atoms with E-state index in [1.807, 2.05) is 0 Å². The van der Waals surface area contributed by atoms with Crippen molar-refractivity contribution >= 4 is 11.8 Å². The summed E-state index contributed by atoms with van der Waals surface area (Å²) in [4.78, 5) is 4.71. The molecule has 3 rings (SSSR count). The summed E-state index contributed by atoms with van der Waals surface area (Å²) in [6.45, 7) is 3.57. The van der Waals surface area contributed by atoms with Crippen LogP contribution in [-0.4, -0.2) is 21.1 Å². The molecule has 0 bridgehead atoms. The summed E-state index contributed by atoms with van der Waals surface area (Å²) in [5.74, 6) is 5.60. The topological polar surface area (TPSA) is 17.8 Å². The minimum absolute atomic E-state index is 0.736. The molecule has 2 aliphatic heterocycles. The Balaban J connectivity index is 1.86. The quantitative estimate of drug-likeness (QED) is 0.746. The van der Waals surface area contributed by atoms with E-state index in [4.69, 9.17) is 4.98 Å². The highest BCUT2D eigenvalue weighted by Gasteiger charge is 2.24. The van der Waals surface area contributed by atoms with Gasteiger partial charge in [-0.1, -0.05) is 6.92 Å². The average molecular weight is 236 g/mol. The van der Waals surface area contributed by atoms with Crippen LogP contribution in [0.1, 0.15) is 43.6 Å². The van der Waals surface area contributed by atoms with Gasteiger partial charge in [-0.25, -0.2) is 4.98 Å². The molecule has 1 aromatic rings. The molecule has 2 nitrogen and oxygen atoms in total. The van der Waals surface area contributed by atoms with Crippen LogP contribution in [-0.2, 0) is 13.0 Å². The highest BCUT2D eigenvalue weighted by atomic mass is 32.2. The first-order valence-electron chi connectivity index (χ1n) is 6.46. The fraction of sp³-hybridized carbons (Fsp3) is 0.769. The largest absolute Gasteiger partial charge is 0.332 e. The lowest BCUT2D eigenvalue weighted by Gasteiger charge is -2.27. The van der Waals surface area contributed by atoms with Crippen LogP contribution in [0.3, 0.4) is 0 Å². The first-order chi connectivity index (χ1) is 7.84. The molecule has 0 N–H and O–H groups in total. The number of hydrogen-bond acceptors (Lipinski definition) is 2. The van der Waals surface area contributed by atoms with E-state index in [0.717, 1.165) is 11.8 Å². The number of aromatic nitrogens is 2. The van der Waals surface area contributed by atoms with Crippen LogP contribution >= 0.6 is 11.8 Å². The van der Waals surface area contributed by atoms with Gasteiger partial charge in [0.15, 0.2) is 0 Å². The molecule has 0 spiro atoms. The van der Waals surface area contributed by atoms with Gasteiger partial charge in [0.2, 0.25) is 0 Å². The molecule has 1 unspecified atom stereocenters. The van der Waals surface area contributed by atoms with Gasteiger partial charge in [-0.05, 0) is 43.1 Å². The van der Waals surface area contributed by atoms with Crippen LogP contribution in [0.2, 0.25) is 0 Å². The van der Waals surface area contributed by atoms with Crippen molar-refractivity contribution < 1.29 is 0 Å². The predicted molar refractivity (Wildman–Crippen MR) is 69.0 cm³/mol. The summed E-state index contributed by atoms with van der Waals surface area (Å²) in [7, 11) is 0. The Kier molecular flexibility index (Phi) is 2.97. The van der Waals surface area contributed by atoms with Crippen molar-refractivity contribution in [2.45, 2.75) is 45.1 Å². The smallest absolute Gasteiger partial charge is 0.112 e. The fourth-order valence-corrected chi connectivity index (χ4v) is 4.02. The lowest BCUT2D eigenvalue weighted by Crippen LogP contribution is -2.22. The molecule has 3 heterocycles. The monoisotopic (exact) mass is 236 g/mol. The lowest BCUT2D eigenvalue weighted by atomic mass is 9.98. The average Bonchev–Trinajstić information content (AvgIpc) is 2.73. The number of nitrogens with zero attached hydrogens (tertiary/aromatic N) is 2. The number of thioether (sulfide) groups is 1. The third kappa shape index (κ3) is 1.90. The molecule has 0 amide bonds. The van der Waals surface area contributed by atoms with Crippen molar-refractivity contribution in [3.63, 3.8) is 0 Å². The molecule has 0 aliphatic carbocycles. The van der Waals surface area contributed by atoms with E-state index in [1.54, 1.807) is 0 Å². The zero-order chi connectivity index (χ0) is 11.0. The molecular formula is C13H20N2S. The SMILES string of the molecule is CC1CCc2cnc(C3CCSCC3)n2C1. The summed E-state index contributed by atoms with van der Waals surface area (Å²) in [5, 5.41) is 0. The van der Waals surface area contributed by atoms with E-state index in [2.05, 4.69) is 29.4 Å². The Morgan fingerprint density at radius 1 is 1.31 bits per heavy atom. The van der Waals surface area contributed by atoms with E-state index < -0.39 is 0 Å². The molecule has 0 saturated carbocycles. The molecule has 0 aromatic carbocycles. The number of imidazole rings is 1. The normalized spacial score (nSPS) is 26.7. The van der Waals surface area contributed by atoms with Crippen LogP contribution < -0.4 is 0 Å². The molecule has 88 valence electrons. The maximum absolute atomic E-state index is 4.71. The van der Waals surface area contributed by atoms with Crippen molar-refractivity contribution in [2.24, 2.45) is 5.92 Å². The van der Waals surface area contributed by atoms with E-state index >= 15 is 0 Å². The molecule has 1 fully saturated rings. The molecule has 1 atom stereocenters. The summed E-state index contributed by atoms with van der Waals surface area (Å²) in [5.41, 5.74) is 1.48. The molecule has 3 heteroatoms. The predicted octanol–water partition coefficient (Wildman–Crippen LogP) is 3.08. The van der Waals surface area contributed by atoms with Crippen LogP contribution in [0.15, 0.2) is 6.20 Å². The summed E-state index contributed by atoms with van der Waals surface area (Å²) in [6.07, 6.45) is 7.36. The first kappa shape index (κ1) is 10.7. The van der Waals surface area contributed by atoms with Gasteiger partial charge in [0.1, 0.15) is 5.82 Å². The van der Waals surface area contributed by atoms with Crippen LogP contribution in [0.4, 0.5) is 0 Å². The van der Waals surface area contributed by atoms with E-state index in [1.165, 1.54) is 55.3 Å². The maximum atomic E-state index is 4.71. The van der Waals surface area contributed by atoms with Crippen molar-refractivity contribution in [1.82, 2.24) is 9.55 Å². The second-order valence-electron chi connectivity index (χ2n) is 5.25. The molecule has 1 aromatic heterocycles. The third-order valence-corrected chi connectivity index (χ3v) is 4.99. The second kappa shape index (κ2) is 4.44. The van der Waals surface area contributed by atoms with Crippen LogP contribution in [0.5, 0.6) is 0 Å². The van der Waals surface area contributed by atoms with Crippen molar-refractivity contribution in [1.29, 1.82) is 0 Å². The number of aryl methyl sites for hydroxylation is 1. The lowest BCUT2D eigenvalue weighted by molar-refractivity contribution is 0.380. The standard InChI is InChI=1S/C13H20N2S/c1-10-2-3-12-8-14-13(15(12)9-10)11-4-6-16-7-5-11/h8,10-11H,2-7,9H2,1H3. The van der Waals surface area contributed by atoms with Gasteiger partial charge in [-0.15, -0.1) is 0 Å². The highest BCUT2D eigenvalue weighted by molar-refractivity contribution is 7.99. The van der Waals surface area contributed by atoms with Gasteiger partial charge < -0.3 is 4.57 Å². The zero-order valence-electron chi connectivity index (χ0n) is 9.98. The van der Waals surface area contributed by atoms with E-state index in [9.17, 15) is 0 Å². The van der Waals surface area contributed by atoms with Gasteiger partial charge in [0, 0.05) is 24.4 Å². The fourth-order valence-electron chi connectivity index (χ4n) is 2.92. The minimum Gasteiger partial charge on any atom is -0.332 e. The minimum atomic E-state index is 0.736. The Hall–Kier alpha value is -0.440. The maximum Gasteiger partial charge on any atom is 0.112 e. The first-order valence-corrected chi connectivity index (χ1v) is 7.62. The Morgan fingerprint density at radius 2 is 2.12 bits per heavy atom. The van der Waals surface area contributed by atoms with Gasteiger partial charge in [-0.3, -0.25) is 0 Å². The molecule has 1 saturated heterocycles. The zero-order valence-corrected chi connectivity index (χ0v) is 10.8. The Labute approximate surface area is 102 Å². The number of fused-ring (bicyclic) bond motifs is 1. The van der Waals surface area contributed by atoms with Crippen LogP contribution in [0, 0.1) is 5.92 Å². The number of hydrogen-bond donors (Lipinski definition) is 0. The number of rotatable bonds is 1. The molecule has 0 radical (unpaired) electrons. The van der Waals surface area contributed by atoms with Crippen molar-refractivity contribution in [2.75, 3.05) is 11.5 Å².